The Morgan fingerprint density at radius 2 is 1.95 bits per heavy atom. The van der Waals surface area contributed by atoms with Crippen molar-refractivity contribution in [3.8, 4) is 0 Å². The smallest absolute Gasteiger partial charge is 0.419 e. The fraction of sp³-hybridized carbons (Fsp3) is 0.267. The van der Waals surface area contributed by atoms with Crippen LogP contribution in [0.5, 0.6) is 0 Å². The first-order chi connectivity index (χ1) is 9.83. The van der Waals surface area contributed by atoms with Gasteiger partial charge in [-0.05, 0) is 26.8 Å². The third-order valence-electron chi connectivity index (χ3n) is 2.74. The molecule has 0 unspecified atom stereocenters. The molecule has 0 saturated carbocycles. The molecule has 0 aliphatic heterocycles. The van der Waals surface area contributed by atoms with Crippen LogP contribution in [0, 0.1) is 0 Å². The average Bonchev–Trinajstić information content (AvgIpc) is 2.76. The van der Waals surface area contributed by atoms with Crippen molar-refractivity contribution < 1.29 is 19.1 Å². The summed E-state index contributed by atoms with van der Waals surface area (Å²) in [6.07, 6.45) is 1.61. The normalized spacial score (nSPS) is 11.0. The van der Waals surface area contributed by atoms with Crippen molar-refractivity contribution in [1.82, 2.24) is 4.57 Å². The van der Waals surface area contributed by atoms with Crippen molar-refractivity contribution in [3.63, 3.8) is 0 Å². The first-order valence-electron chi connectivity index (χ1n) is 6.38. The highest BCUT2D eigenvalue weighted by Gasteiger charge is 2.23. The largest absolute Gasteiger partial charge is 0.443 e. The Bertz CT molecular complexity index is 762. The lowest BCUT2D eigenvalue weighted by molar-refractivity contribution is 0.00235. The number of fused-ring (bicyclic) bond motifs is 1. The van der Waals surface area contributed by atoms with Gasteiger partial charge in [0.1, 0.15) is 5.60 Å². The van der Waals surface area contributed by atoms with E-state index in [0.717, 1.165) is 6.21 Å². The van der Waals surface area contributed by atoms with Gasteiger partial charge in [-0.25, -0.2) is 4.79 Å². The minimum atomic E-state index is -0.640. The van der Waals surface area contributed by atoms with E-state index in [2.05, 4.69) is 4.79 Å². The Labute approximate surface area is 121 Å². The number of nitrogens with zero attached hydrogens (tertiary/aromatic N) is 3. The van der Waals surface area contributed by atoms with E-state index in [1.54, 1.807) is 45.0 Å². The minimum absolute atomic E-state index is 0.272. The first kappa shape index (κ1) is 14.7. The maximum Gasteiger partial charge on any atom is 0.419 e. The second-order valence-electron chi connectivity index (χ2n) is 5.52. The zero-order valence-corrected chi connectivity index (χ0v) is 12.0. The van der Waals surface area contributed by atoms with Gasteiger partial charge in [-0.3, -0.25) is 9.36 Å². The summed E-state index contributed by atoms with van der Waals surface area (Å²) >= 11 is 0. The van der Waals surface area contributed by atoms with Crippen LogP contribution in [0.1, 0.15) is 31.1 Å². The standard InChI is InChI=1S/C15H15N3O3/c1-15(2,3)21-14(20)18-9-11(13(19)8-17-16)10-6-4-5-7-12(10)18/h4-9H,1-3H3. The predicted octanol–water partition coefficient (Wildman–Crippen LogP) is 2.91. The molecule has 6 heteroatoms. The molecule has 2 rings (SSSR count). The molecule has 0 atom stereocenters. The van der Waals surface area contributed by atoms with Crippen LogP contribution in [0.4, 0.5) is 4.79 Å². The molecule has 1 aromatic carbocycles. The van der Waals surface area contributed by atoms with Crippen LogP contribution in [-0.4, -0.2) is 33.0 Å². The van der Waals surface area contributed by atoms with E-state index in [4.69, 9.17) is 10.3 Å². The molecule has 0 bridgehead atoms. The molecule has 21 heavy (non-hydrogen) atoms. The van der Waals surface area contributed by atoms with Crippen LogP contribution >= 0.6 is 0 Å². The molecular weight excluding hydrogens is 270 g/mol. The monoisotopic (exact) mass is 285 g/mol. The maximum absolute atomic E-state index is 12.2. The van der Waals surface area contributed by atoms with E-state index in [-0.39, 0.29) is 5.56 Å². The van der Waals surface area contributed by atoms with Gasteiger partial charge >= 0.3 is 12.3 Å². The summed E-state index contributed by atoms with van der Waals surface area (Å²) in [4.78, 5) is 26.9. The van der Waals surface area contributed by atoms with Crippen LogP contribution in [0.15, 0.2) is 30.5 Å². The number of aromatic nitrogens is 1. The zero-order valence-electron chi connectivity index (χ0n) is 12.0. The lowest BCUT2D eigenvalue weighted by Crippen LogP contribution is -2.26. The second-order valence-corrected chi connectivity index (χ2v) is 5.52. The fourth-order valence-corrected chi connectivity index (χ4v) is 1.96. The van der Waals surface area contributed by atoms with Gasteiger partial charge in [-0.1, -0.05) is 18.2 Å². The summed E-state index contributed by atoms with van der Waals surface area (Å²) in [6, 6.07) is 6.95. The summed E-state index contributed by atoms with van der Waals surface area (Å²) in [5.74, 6) is -0.490. The van der Waals surface area contributed by atoms with Crippen molar-refractivity contribution in [3.05, 3.63) is 41.6 Å². The molecule has 0 spiro atoms. The van der Waals surface area contributed by atoms with Gasteiger partial charge < -0.3 is 10.3 Å². The Kier molecular flexibility index (Phi) is 3.74. The highest BCUT2D eigenvalue weighted by Crippen LogP contribution is 2.22. The molecule has 6 nitrogen and oxygen atoms in total. The number of rotatable bonds is 2. The van der Waals surface area contributed by atoms with E-state index in [9.17, 15) is 9.59 Å². The molecule has 2 aromatic rings. The maximum atomic E-state index is 12.2. The Morgan fingerprint density at radius 1 is 1.29 bits per heavy atom. The fourth-order valence-electron chi connectivity index (χ4n) is 1.96. The van der Waals surface area contributed by atoms with Crippen molar-refractivity contribution in [2.45, 2.75) is 26.4 Å². The van der Waals surface area contributed by atoms with Gasteiger partial charge in [-0.2, -0.15) is 4.79 Å². The highest BCUT2D eigenvalue weighted by atomic mass is 16.6. The number of para-hydroxylation sites is 1. The minimum Gasteiger partial charge on any atom is -0.443 e. The molecule has 0 saturated heterocycles. The summed E-state index contributed by atoms with van der Waals surface area (Å²) in [5.41, 5.74) is 8.68. The molecule has 0 N–H and O–H groups in total. The molecule has 0 aliphatic carbocycles. The summed E-state index contributed by atoms with van der Waals surface area (Å²) < 4.78 is 6.59. The van der Waals surface area contributed by atoms with Gasteiger partial charge in [-0.15, -0.1) is 0 Å². The highest BCUT2D eigenvalue weighted by molar-refractivity contribution is 6.36. The molecule has 0 radical (unpaired) electrons. The molecule has 108 valence electrons. The molecule has 1 aromatic heterocycles. The molecule has 0 aliphatic rings. The number of benzene rings is 1. The van der Waals surface area contributed by atoms with Gasteiger partial charge in [0, 0.05) is 11.6 Å². The lowest BCUT2D eigenvalue weighted by Gasteiger charge is -2.19. The van der Waals surface area contributed by atoms with E-state index in [0.29, 0.717) is 10.9 Å². The van der Waals surface area contributed by atoms with E-state index >= 15 is 0 Å². The summed E-state index contributed by atoms with van der Waals surface area (Å²) in [5, 5.41) is 0.591. The summed E-state index contributed by atoms with van der Waals surface area (Å²) in [7, 11) is 0. The predicted molar refractivity (Wildman–Crippen MR) is 77.6 cm³/mol. The van der Waals surface area contributed by atoms with Crippen LogP contribution in [0.3, 0.4) is 0 Å². The summed E-state index contributed by atoms with van der Waals surface area (Å²) in [6.45, 7) is 5.29. The first-order valence-corrected chi connectivity index (χ1v) is 6.38. The number of carbonyl (C=O) groups is 2. The van der Waals surface area contributed by atoms with E-state index in [1.165, 1.54) is 10.8 Å². The zero-order chi connectivity index (χ0) is 15.6. The van der Waals surface area contributed by atoms with E-state index < -0.39 is 17.5 Å². The van der Waals surface area contributed by atoms with E-state index in [1.807, 2.05) is 0 Å². The average molecular weight is 285 g/mol. The number of hydrogen-bond acceptors (Lipinski definition) is 3. The number of carbonyl (C=O) groups excluding carboxylic acids is 2. The van der Waals surface area contributed by atoms with Crippen LogP contribution in [-0.2, 0) is 4.74 Å². The van der Waals surface area contributed by atoms with Gasteiger partial charge in [0.2, 0.25) is 0 Å². The van der Waals surface area contributed by atoms with Gasteiger partial charge in [0.05, 0.1) is 11.1 Å². The molecule has 0 amide bonds. The number of ketones is 1. The van der Waals surface area contributed by atoms with Gasteiger partial charge in [0.15, 0.2) is 0 Å². The quantitative estimate of drug-likeness (QED) is 0.368. The van der Waals surface area contributed by atoms with Crippen molar-refractivity contribution >= 4 is 29.0 Å². The van der Waals surface area contributed by atoms with Crippen LogP contribution in [0.2, 0.25) is 0 Å². The topological polar surface area (TPSA) is 84.7 Å². The second kappa shape index (κ2) is 5.34. The van der Waals surface area contributed by atoms with Crippen molar-refractivity contribution in [1.29, 1.82) is 0 Å². The SMILES string of the molecule is CC(C)(C)OC(=O)n1cc(C(=O)C=[N+]=[N-])c2ccccc21. The lowest BCUT2D eigenvalue weighted by atomic mass is 10.1. The molecular formula is C15H15N3O3. The Morgan fingerprint density at radius 3 is 2.57 bits per heavy atom. The van der Waals surface area contributed by atoms with Crippen molar-refractivity contribution in [2.75, 3.05) is 0 Å². The Balaban J connectivity index is 2.58. The number of hydrogen-bond donors (Lipinski definition) is 0. The number of ether oxygens (including phenoxy) is 1. The van der Waals surface area contributed by atoms with Crippen LogP contribution < -0.4 is 0 Å². The van der Waals surface area contributed by atoms with Crippen molar-refractivity contribution in [2.24, 2.45) is 0 Å². The molecule has 0 fully saturated rings. The number of Topliss-reactive ketones (excluding diaryl/α,β-unsaturated/α-hetero) is 1. The Hall–Kier alpha value is -2.72. The van der Waals surface area contributed by atoms with Crippen LogP contribution in [0.25, 0.3) is 16.4 Å². The third kappa shape index (κ3) is 3.07. The third-order valence-corrected chi connectivity index (χ3v) is 2.74. The molecule has 1 heterocycles. The van der Waals surface area contributed by atoms with Gasteiger partial charge in [0.25, 0.3) is 5.78 Å².